The van der Waals surface area contributed by atoms with Crippen molar-refractivity contribution in [3.8, 4) is 0 Å². The molecule has 1 aromatic heterocycles. The van der Waals surface area contributed by atoms with E-state index in [9.17, 15) is 0 Å². The third-order valence-corrected chi connectivity index (χ3v) is 2.52. The van der Waals surface area contributed by atoms with Crippen LogP contribution in [0.4, 0.5) is 0 Å². The number of nitrogens with two attached hydrogens (primary N) is 1. The summed E-state index contributed by atoms with van der Waals surface area (Å²) in [5.41, 5.74) is 6.93. The molecule has 0 spiro atoms. The molecule has 0 saturated heterocycles. The highest BCUT2D eigenvalue weighted by Crippen LogP contribution is 2.16. The molecule has 0 saturated carbocycles. The molecule has 3 heteroatoms. The number of rotatable bonds is 5. The second-order valence-corrected chi connectivity index (χ2v) is 4.14. The van der Waals surface area contributed by atoms with Crippen molar-refractivity contribution < 1.29 is 0 Å². The van der Waals surface area contributed by atoms with Crippen molar-refractivity contribution >= 4 is 15.9 Å². The maximum Gasteiger partial charge on any atom is 0.0571 e. The molecule has 0 aliphatic rings. The monoisotopic (exact) mass is 254 g/mol. The van der Waals surface area contributed by atoms with Gasteiger partial charge in [-0.25, -0.2) is 0 Å². The number of aromatic nitrogens is 1. The molecule has 1 rings (SSSR count). The van der Waals surface area contributed by atoms with Gasteiger partial charge in [0.15, 0.2) is 0 Å². The first-order chi connectivity index (χ1) is 6.74. The van der Waals surface area contributed by atoms with Crippen LogP contribution in [0, 0.1) is 0 Å². The van der Waals surface area contributed by atoms with E-state index in [1.54, 1.807) is 6.20 Å². The van der Waals surface area contributed by atoms with Crippen LogP contribution in [-0.2, 0) is 0 Å². The van der Waals surface area contributed by atoms with Gasteiger partial charge in [0.05, 0.1) is 5.69 Å². The fraction of sp³-hybridized carbons (Fsp3) is 0.364. The molecule has 0 aliphatic carbocycles. The summed E-state index contributed by atoms with van der Waals surface area (Å²) in [7, 11) is 0. The number of halogens is 1. The standard InChI is InChI=1S/C11H15BrN2/c1-2-3-4-5-10(13)11-7-6-9(12)8-14-11/h2,6-8,10H,1,3-5,13H2. The molecule has 0 bridgehead atoms. The summed E-state index contributed by atoms with van der Waals surface area (Å²) in [4.78, 5) is 4.26. The molecule has 2 N–H and O–H groups in total. The summed E-state index contributed by atoms with van der Waals surface area (Å²) in [6.07, 6.45) is 6.75. The van der Waals surface area contributed by atoms with Crippen molar-refractivity contribution in [2.75, 3.05) is 0 Å². The molecule has 14 heavy (non-hydrogen) atoms. The Hall–Kier alpha value is -0.670. The average Bonchev–Trinajstić information content (AvgIpc) is 2.19. The third-order valence-electron chi connectivity index (χ3n) is 2.05. The van der Waals surface area contributed by atoms with Gasteiger partial charge >= 0.3 is 0 Å². The summed E-state index contributed by atoms with van der Waals surface area (Å²) in [5.74, 6) is 0. The first-order valence-electron chi connectivity index (χ1n) is 4.72. The van der Waals surface area contributed by atoms with Crippen LogP contribution in [-0.4, -0.2) is 4.98 Å². The number of allylic oxidation sites excluding steroid dienone is 1. The molecular weight excluding hydrogens is 240 g/mol. The minimum Gasteiger partial charge on any atom is -0.323 e. The van der Waals surface area contributed by atoms with Gasteiger partial charge in [0.1, 0.15) is 0 Å². The molecule has 1 unspecified atom stereocenters. The quantitative estimate of drug-likeness (QED) is 0.648. The van der Waals surface area contributed by atoms with Gasteiger partial charge in [-0.05, 0) is 47.3 Å². The summed E-state index contributed by atoms with van der Waals surface area (Å²) in [6, 6.07) is 3.97. The normalized spacial score (nSPS) is 12.4. The highest BCUT2D eigenvalue weighted by molar-refractivity contribution is 9.10. The minimum atomic E-state index is 0.0445. The van der Waals surface area contributed by atoms with Crippen molar-refractivity contribution in [2.24, 2.45) is 5.73 Å². The zero-order valence-electron chi connectivity index (χ0n) is 8.12. The highest BCUT2D eigenvalue weighted by atomic mass is 79.9. The summed E-state index contributed by atoms with van der Waals surface area (Å²) in [6.45, 7) is 3.68. The third kappa shape index (κ3) is 3.60. The van der Waals surface area contributed by atoms with Crippen molar-refractivity contribution in [1.29, 1.82) is 0 Å². The number of hydrogen-bond donors (Lipinski definition) is 1. The maximum absolute atomic E-state index is 5.97. The lowest BCUT2D eigenvalue weighted by Gasteiger charge is -2.09. The average molecular weight is 255 g/mol. The molecule has 0 radical (unpaired) electrons. The first-order valence-corrected chi connectivity index (χ1v) is 5.51. The molecule has 0 fully saturated rings. The fourth-order valence-corrected chi connectivity index (χ4v) is 1.47. The van der Waals surface area contributed by atoms with E-state index in [0.717, 1.165) is 29.4 Å². The van der Waals surface area contributed by atoms with Gasteiger partial charge in [0.2, 0.25) is 0 Å². The summed E-state index contributed by atoms with van der Waals surface area (Å²) < 4.78 is 0.986. The number of hydrogen-bond acceptors (Lipinski definition) is 2. The molecule has 0 amide bonds. The van der Waals surface area contributed by atoms with E-state index < -0.39 is 0 Å². The summed E-state index contributed by atoms with van der Waals surface area (Å²) in [5, 5.41) is 0. The van der Waals surface area contributed by atoms with Crippen molar-refractivity contribution in [1.82, 2.24) is 4.98 Å². The Morgan fingerprint density at radius 3 is 2.93 bits per heavy atom. The first kappa shape index (κ1) is 11.4. The largest absolute Gasteiger partial charge is 0.323 e. The Morgan fingerprint density at radius 2 is 2.36 bits per heavy atom. The number of unbranched alkanes of at least 4 members (excludes halogenated alkanes) is 1. The number of nitrogens with zero attached hydrogens (tertiary/aromatic N) is 1. The Labute approximate surface area is 93.4 Å². The predicted molar refractivity (Wildman–Crippen MR) is 62.9 cm³/mol. The van der Waals surface area contributed by atoms with Crippen molar-refractivity contribution in [3.05, 3.63) is 41.2 Å². The van der Waals surface area contributed by atoms with Crippen molar-refractivity contribution in [2.45, 2.75) is 25.3 Å². The minimum absolute atomic E-state index is 0.0445. The zero-order chi connectivity index (χ0) is 10.4. The van der Waals surface area contributed by atoms with Crippen LogP contribution in [0.15, 0.2) is 35.5 Å². The highest BCUT2D eigenvalue weighted by Gasteiger charge is 2.05. The van der Waals surface area contributed by atoms with E-state index in [1.165, 1.54) is 0 Å². The zero-order valence-corrected chi connectivity index (χ0v) is 9.70. The van der Waals surface area contributed by atoms with Gasteiger partial charge in [-0.3, -0.25) is 4.98 Å². The van der Waals surface area contributed by atoms with Crippen LogP contribution in [0.2, 0.25) is 0 Å². The Balaban J connectivity index is 2.47. The maximum atomic E-state index is 5.97. The molecule has 0 aromatic carbocycles. The molecule has 1 aromatic rings. The van der Waals surface area contributed by atoms with Crippen LogP contribution >= 0.6 is 15.9 Å². The van der Waals surface area contributed by atoms with E-state index >= 15 is 0 Å². The van der Waals surface area contributed by atoms with Gasteiger partial charge in [0, 0.05) is 16.7 Å². The van der Waals surface area contributed by atoms with Crippen LogP contribution in [0.25, 0.3) is 0 Å². The van der Waals surface area contributed by atoms with Gasteiger partial charge in [0.25, 0.3) is 0 Å². The Morgan fingerprint density at radius 1 is 1.57 bits per heavy atom. The lowest BCUT2D eigenvalue weighted by molar-refractivity contribution is 0.603. The number of pyridine rings is 1. The smallest absolute Gasteiger partial charge is 0.0571 e. The van der Waals surface area contributed by atoms with E-state index in [0.29, 0.717) is 0 Å². The van der Waals surface area contributed by atoms with Crippen LogP contribution < -0.4 is 5.73 Å². The van der Waals surface area contributed by atoms with Gasteiger partial charge < -0.3 is 5.73 Å². The van der Waals surface area contributed by atoms with Gasteiger partial charge in [-0.15, -0.1) is 6.58 Å². The van der Waals surface area contributed by atoms with E-state index in [2.05, 4.69) is 27.5 Å². The Bertz CT molecular complexity index is 282. The topological polar surface area (TPSA) is 38.9 Å². The molecular formula is C11H15BrN2. The lowest BCUT2D eigenvalue weighted by atomic mass is 10.1. The van der Waals surface area contributed by atoms with Crippen LogP contribution in [0.1, 0.15) is 31.0 Å². The van der Waals surface area contributed by atoms with E-state index in [-0.39, 0.29) is 6.04 Å². The SMILES string of the molecule is C=CCCCC(N)c1ccc(Br)cn1. The predicted octanol–water partition coefficient (Wildman–Crippen LogP) is 3.20. The van der Waals surface area contributed by atoms with E-state index in [4.69, 9.17) is 5.73 Å². The van der Waals surface area contributed by atoms with Gasteiger partial charge in [-0.1, -0.05) is 6.08 Å². The molecule has 1 heterocycles. The summed E-state index contributed by atoms with van der Waals surface area (Å²) >= 11 is 3.34. The molecule has 0 aliphatic heterocycles. The van der Waals surface area contributed by atoms with Crippen molar-refractivity contribution in [3.63, 3.8) is 0 Å². The fourth-order valence-electron chi connectivity index (χ4n) is 1.24. The molecule has 76 valence electrons. The second-order valence-electron chi connectivity index (χ2n) is 3.23. The van der Waals surface area contributed by atoms with Gasteiger partial charge in [-0.2, -0.15) is 0 Å². The van der Waals surface area contributed by atoms with Crippen LogP contribution in [0.5, 0.6) is 0 Å². The molecule has 2 nitrogen and oxygen atoms in total. The second kappa shape index (κ2) is 5.94. The van der Waals surface area contributed by atoms with E-state index in [1.807, 2.05) is 18.2 Å². The molecule has 1 atom stereocenters. The lowest BCUT2D eigenvalue weighted by Crippen LogP contribution is -2.11. The van der Waals surface area contributed by atoms with Crippen LogP contribution in [0.3, 0.4) is 0 Å². The Kier molecular flexibility index (Phi) is 4.84.